The van der Waals surface area contributed by atoms with Crippen molar-refractivity contribution in [3.05, 3.63) is 0 Å². The van der Waals surface area contributed by atoms with Crippen molar-refractivity contribution in [3.8, 4) is 0 Å². The third kappa shape index (κ3) is 13.7. The van der Waals surface area contributed by atoms with Gasteiger partial charge < -0.3 is 0 Å². The summed E-state index contributed by atoms with van der Waals surface area (Å²) < 4.78 is 0. The smallest absolute Gasteiger partial charge is 0.211 e. The average molecular weight is 243 g/mol. The molecule has 94 valence electrons. The molecule has 0 aromatic carbocycles. The molecule has 0 aliphatic rings. The van der Waals surface area contributed by atoms with Crippen LogP contribution in [0.15, 0.2) is 4.99 Å². The van der Waals surface area contributed by atoms with Gasteiger partial charge in [0.05, 0.1) is 6.54 Å². The maximum Gasteiger partial charge on any atom is 0.234 e. The number of nitrogens with zero attached hydrogens (tertiary/aromatic N) is 1. The van der Waals surface area contributed by atoms with E-state index in [2.05, 4.69) is 11.9 Å². The summed E-state index contributed by atoms with van der Waals surface area (Å²) in [4.78, 5) is 13.3. The highest BCUT2D eigenvalue weighted by molar-refractivity contribution is 7.99. The van der Waals surface area contributed by atoms with Crippen molar-refractivity contribution in [2.24, 2.45) is 4.99 Å². The maximum atomic E-state index is 9.79. The molecule has 0 bridgehead atoms. The first-order valence-electron chi connectivity index (χ1n) is 6.53. The van der Waals surface area contributed by atoms with E-state index in [9.17, 15) is 4.79 Å². The Labute approximate surface area is 104 Å². The Morgan fingerprint density at radius 1 is 0.938 bits per heavy atom. The Hall–Kier alpha value is -0.270. The number of isocyanates is 1. The molecular weight excluding hydrogens is 218 g/mol. The van der Waals surface area contributed by atoms with E-state index >= 15 is 0 Å². The fourth-order valence-electron chi connectivity index (χ4n) is 1.55. The molecule has 0 aliphatic heterocycles. The van der Waals surface area contributed by atoms with Gasteiger partial charge in [-0.05, 0) is 24.3 Å². The standard InChI is InChI=1S/C13H25NOS/c1-2-3-4-5-6-7-8-11-16-12-9-10-14-13-15/h2-12H2,1H3. The Bertz CT molecular complexity index is 179. The number of hydrogen-bond donors (Lipinski definition) is 0. The number of unbranched alkanes of at least 4 members (excludes halogenated alkanes) is 6. The van der Waals surface area contributed by atoms with Crippen LogP contribution in [-0.4, -0.2) is 24.1 Å². The highest BCUT2D eigenvalue weighted by Gasteiger charge is 1.92. The zero-order chi connectivity index (χ0) is 11.9. The third-order valence-corrected chi connectivity index (χ3v) is 3.67. The van der Waals surface area contributed by atoms with Gasteiger partial charge in [0.25, 0.3) is 0 Å². The molecule has 0 unspecified atom stereocenters. The van der Waals surface area contributed by atoms with Crippen LogP contribution in [0.4, 0.5) is 0 Å². The number of rotatable bonds is 12. The lowest BCUT2D eigenvalue weighted by Gasteiger charge is -2.01. The average Bonchev–Trinajstić information content (AvgIpc) is 2.31. The minimum atomic E-state index is 0.646. The monoisotopic (exact) mass is 243 g/mol. The molecule has 2 nitrogen and oxygen atoms in total. The molecule has 0 heterocycles. The van der Waals surface area contributed by atoms with Crippen LogP contribution < -0.4 is 0 Å². The van der Waals surface area contributed by atoms with Gasteiger partial charge in [0, 0.05) is 0 Å². The molecule has 0 aromatic heterocycles. The predicted molar refractivity (Wildman–Crippen MR) is 72.9 cm³/mol. The van der Waals surface area contributed by atoms with Crippen LogP contribution in [-0.2, 0) is 4.79 Å². The second kappa shape index (κ2) is 14.7. The van der Waals surface area contributed by atoms with Crippen LogP contribution in [0.2, 0.25) is 0 Å². The van der Waals surface area contributed by atoms with Crippen molar-refractivity contribution in [1.29, 1.82) is 0 Å². The normalized spacial score (nSPS) is 10.1. The lowest BCUT2D eigenvalue weighted by Crippen LogP contribution is -1.88. The summed E-state index contributed by atoms with van der Waals surface area (Å²) in [7, 11) is 0. The molecule has 0 radical (unpaired) electrons. The summed E-state index contributed by atoms with van der Waals surface area (Å²) in [6.45, 7) is 2.90. The molecular formula is C13H25NOS. The lowest BCUT2D eigenvalue weighted by molar-refractivity contribution is 0.562. The second-order valence-electron chi connectivity index (χ2n) is 4.06. The molecule has 0 N–H and O–H groups in total. The van der Waals surface area contributed by atoms with Crippen molar-refractivity contribution >= 4 is 17.8 Å². The molecule has 0 aromatic rings. The predicted octanol–water partition coefficient (Wildman–Crippen LogP) is 4.20. The van der Waals surface area contributed by atoms with Crippen LogP contribution in [0, 0.1) is 0 Å². The molecule has 16 heavy (non-hydrogen) atoms. The summed E-state index contributed by atoms with van der Waals surface area (Å²) in [5, 5.41) is 0. The van der Waals surface area contributed by atoms with Crippen molar-refractivity contribution < 1.29 is 4.79 Å². The highest BCUT2D eigenvalue weighted by Crippen LogP contribution is 2.11. The highest BCUT2D eigenvalue weighted by atomic mass is 32.2. The lowest BCUT2D eigenvalue weighted by atomic mass is 10.1. The number of thioether (sulfide) groups is 1. The molecule has 3 heteroatoms. The van der Waals surface area contributed by atoms with Crippen LogP contribution >= 0.6 is 11.8 Å². The third-order valence-electron chi connectivity index (χ3n) is 2.52. The number of aliphatic imine (C=N–C) groups is 1. The largest absolute Gasteiger partial charge is 0.234 e. The summed E-state index contributed by atoms with van der Waals surface area (Å²) in [5.41, 5.74) is 0. The Morgan fingerprint density at radius 2 is 1.56 bits per heavy atom. The van der Waals surface area contributed by atoms with Crippen molar-refractivity contribution in [1.82, 2.24) is 0 Å². The van der Waals surface area contributed by atoms with E-state index in [-0.39, 0.29) is 0 Å². The van der Waals surface area contributed by atoms with Gasteiger partial charge in [-0.3, -0.25) is 0 Å². The molecule has 0 saturated carbocycles. The van der Waals surface area contributed by atoms with Gasteiger partial charge in [0.1, 0.15) is 0 Å². The van der Waals surface area contributed by atoms with Crippen molar-refractivity contribution in [3.63, 3.8) is 0 Å². The van der Waals surface area contributed by atoms with Crippen LogP contribution in [0.3, 0.4) is 0 Å². The van der Waals surface area contributed by atoms with E-state index in [4.69, 9.17) is 0 Å². The van der Waals surface area contributed by atoms with E-state index in [1.54, 1.807) is 6.08 Å². The summed E-state index contributed by atoms with van der Waals surface area (Å²) in [6.07, 6.45) is 12.2. The Kier molecular flexibility index (Phi) is 14.5. The van der Waals surface area contributed by atoms with Crippen molar-refractivity contribution in [2.45, 2.75) is 58.3 Å². The number of hydrogen-bond acceptors (Lipinski definition) is 3. The molecule has 0 amide bonds. The minimum absolute atomic E-state index is 0.646. The van der Waals surface area contributed by atoms with Crippen molar-refractivity contribution in [2.75, 3.05) is 18.1 Å². The summed E-state index contributed by atoms with van der Waals surface area (Å²) in [5.74, 6) is 2.39. The first-order chi connectivity index (χ1) is 7.91. The fraction of sp³-hybridized carbons (Fsp3) is 0.923. The first kappa shape index (κ1) is 15.7. The molecule has 0 saturated heterocycles. The summed E-state index contributed by atoms with van der Waals surface area (Å²) in [6, 6.07) is 0. The molecule has 0 aliphatic carbocycles. The van der Waals surface area contributed by atoms with Crippen LogP contribution in [0.25, 0.3) is 0 Å². The zero-order valence-corrected chi connectivity index (χ0v) is 11.4. The van der Waals surface area contributed by atoms with E-state index < -0.39 is 0 Å². The quantitative estimate of drug-likeness (QED) is 0.292. The van der Waals surface area contributed by atoms with E-state index in [1.165, 1.54) is 50.7 Å². The topological polar surface area (TPSA) is 29.4 Å². The van der Waals surface area contributed by atoms with Gasteiger partial charge in [-0.2, -0.15) is 11.8 Å². The van der Waals surface area contributed by atoms with Crippen LogP contribution in [0.1, 0.15) is 58.3 Å². The van der Waals surface area contributed by atoms with Crippen LogP contribution in [0.5, 0.6) is 0 Å². The fourth-order valence-corrected chi connectivity index (χ4v) is 2.50. The SMILES string of the molecule is CCCCCCCCCSCCCN=C=O. The zero-order valence-electron chi connectivity index (χ0n) is 10.5. The molecule has 0 fully saturated rings. The minimum Gasteiger partial charge on any atom is -0.211 e. The van der Waals surface area contributed by atoms with Gasteiger partial charge in [-0.1, -0.05) is 45.4 Å². The van der Waals surface area contributed by atoms with Gasteiger partial charge in [0.2, 0.25) is 6.08 Å². The van der Waals surface area contributed by atoms with Gasteiger partial charge >= 0.3 is 0 Å². The van der Waals surface area contributed by atoms with Gasteiger partial charge in [-0.25, -0.2) is 9.79 Å². The van der Waals surface area contributed by atoms with Gasteiger partial charge in [0.15, 0.2) is 0 Å². The first-order valence-corrected chi connectivity index (χ1v) is 7.68. The van der Waals surface area contributed by atoms with Gasteiger partial charge in [-0.15, -0.1) is 0 Å². The second-order valence-corrected chi connectivity index (χ2v) is 5.28. The molecule has 0 rings (SSSR count). The number of carbonyl (C=O) groups excluding carboxylic acids is 1. The Morgan fingerprint density at radius 3 is 2.25 bits per heavy atom. The molecule has 0 atom stereocenters. The van der Waals surface area contributed by atoms with E-state index in [0.29, 0.717) is 6.54 Å². The molecule has 0 spiro atoms. The maximum absolute atomic E-state index is 9.79. The van der Waals surface area contributed by atoms with E-state index in [0.717, 1.165) is 12.2 Å². The Balaban J connectivity index is 2.90. The summed E-state index contributed by atoms with van der Waals surface area (Å²) >= 11 is 1.98. The van der Waals surface area contributed by atoms with E-state index in [1.807, 2.05) is 11.8 Å².